The van der Waals surface area contributed by atoms with Gasteiger partial charge in [0.2, 0.25) is 5.95 Å². The Morgan fingerprint density at radius 2 is 2.14 bits per heavy atom. The van der Waals surface area contributed by atoms with Crippen LogP contribution in [0.4, 0.5) is 5.95 Å². The molecule has 0 spiro atoms. The summed E-state index contributed by atoms with van der Waals surface area (Å²) < 4.78 is 31.9. The Hall–Kier alpha value is -2.21. The normalized spacial score (nSPS) is 15.6. The van der Waals surface area contributed by atoms with Crippen molar-refractivity contribution in [2.45, 2.75) is 32.4 Å². The first-order valence-electron chi connectivity index (χ1n) is 11.4. The molecule has 1 unspecified atom stereocenters. The summed E-state index contributed by atoms with van der Waals surface area (Å²) in [6.45, 7) is 0.514. The second-order valence-corrected chi connectivity index (χ2v) is 11.8. The Morgan fingerprint density at radius 3 is 2.89 bits per heavy atom. The molecule has 2 heterocycles. The SMILES string of the molecule is Nc1nc2c(ncn2CCOCP(=O)(OCCSC(=O)C2CCC2)OCc2cccc(Cl)c2)c(=O)[nH]1. The first-order chi connectivity index (χ1) is 17.3. The summed E-state index contributed by atoms with van der Waals surface area (Å²) in [6, 6.07) is 7.02. The number of carbonyl (C=O) groups excluding carboxylic acids is 1. The van der Waals surface area contributed by atoms with Gasteiger partial charge in [0.1, 0.15) is 6.35 Å². The van der Waals surface area contributed by atoms with Crippen molar-refractivity contribution in [3.63, 3.8) is 0 Å². The van der Waals surface area contributed by atoms with Crippen LogP contribution in [0.3, 0.4) is 0 Å². The molecular weight excluding hydrogens is 529 g/mol. The van der Waals surface area contributed by atoms with Gasteiger partial charge in [0.15, 0.2) is 16.3 Å². The molecule has 1 aromatic carbocycles. The van der Waals surface area contributed by atoms with E-state index < -0.39 is 13.2 Å². The lowest BCUT2D eigenvalue weighted by atomic mass is 9.87. The number of aromatic nitrogens is 4. The molecule has 36 heavy (non-hydrogen) atoms. The van der Waals surface area contributed by atoms with Gasteiger partial charge in [0.25, 0.3) is 5.56 Å². The number of anilines is 1. The number of hydrogen-bond donors (Lipinski definition) is 2. The number of ether oxygens (including phenoxy) is 1. The first-order valence-corrected chi connectivity index (χ1v) is 14.5. The minimum Gasteiger partial charge on any atom is -0.369 e. The number of aromatic amines is 1. The van der Waals surface area contributed by atoms with Gasteiger partial charge in [-0.05, 0) is 30.5 Å². The van der Waals surface area contributed by atoms with E-state index in [2.05, 4.69) is 15.0 Å². The Bertz CT molecular complexity index is 1310. The number of imidazole rings is 1. The lowest BCUT2D eigenvalue weighted by molar-refractivity contribution is -0.116. The predicted molar refractivity (Wildman–Crippen MR) is 138 cm³/mol. The van der Waals surface area contributed by atoms with Gasteiger partial charge in [-0.2, -0.15) is 4.98 Å². The fourth-order valence-electron chi connectivity index (χ4n) is 3.47. The van der Waals surface area contributed by atoms with Crippen LogP contribution >= 0.6 is 31.0 Å². The molecule has 1 atom stereocenters. The van der Waals surface area contributed by atoms with E-state index in [-0.39, 0.29) is 55.2 Å². The first kappa shape index (κ1) is 26.8. The van der Waals surface area contributed by atoms with E-state index in [0.717, 1.165) is 24.8 Å². The quantitative estimate of drug-likeness (QED) is 0.235. The highest BCUT2D eigenvalue weighted by atomic mass is 35.5. The van der Waals surface area contributed by atoms with Crippen molar-refractivity contribution in [2.75, 3.05) is 31.0 Å². The number of thioether (sulfide) groups is 1. The number of carbonyl (C=O) groups is 1. The molecule has 1 saturated carbocycles. The van der Waals surface area contributed by atoms with Crippen molar-refractivity contribution in [3.8, 4) is 0 Å². The summed E-state index contributed by atoms with van der Waals surface area (Å²) >= 11 is 7.22. The van der Waals surface area contributed by atoms with E-state index in [0.29, 0.717) is 16.4 Å². The summed E-state index contributed by atoms with van der Waals surface area (Å²) in [7, 11) is -3.65. The largest absolute Gasteiger partial charge is 0.369 e. The third-order valence-electron chi connectivity index (χ3n) is 5.59. The molecule has 1 aliphatic carbocycles. The maximum atomic E-state index is 13.4. The second kappa shape index (κ2) is 12.4. The van der Waals surface area contributed by atoms with Crippen molar-refractivity contribution in [2.24, 2.45) is 5.92 Å². The van der Waals surface area contributed by atoms with Crippen molar-refractivity contribution in [1.82, 2.24) is 19.5 Å². The lowest BCUT2D eigenvalue weighted by Crippen LogP contribution is -2.20. The van der Waals surface area contributed by atoms with Gasteiger partial charge in [0, 0.05) is 23.2 Å². The number of halogens is 1. The molecule has 0 aliphatic heterocycles. The summed E-state index contributed by atoms with van der Waals surface area (Å²) in [5.74, 6) is 0.489. The van der Waals surface area contributed by atoms with Gasteiger partial charge >= 0.3 is 7.60 Å². The molecule has 3 aromatic rings. The number of hydrogen-bond acceptors (Lipinski definition) is 10. The lowest BCUT2D eigenvalue weighted by Gasteiger charge is -2.23. The standard InChI is InChI=1S/C22H27ClN5O6PS/c23-17-6-1-3-15(11-17)12-34-35(31,33-9-10-36-21(30)16-4-2-5-16)14-32-8-7-28-13-25-18-19(28)26-22(24)27-20(18)29/h1,3,6,11,13,16H,2,4-5,7-10,12,14H2,(H3,24,26,27,29). The number of benzene rings is 1. The molecular formula is C22H27ClN5O6PS. The van der Waals surface area contributed by atoms with Crippen molar-refractivity contribution >= 4 is 53.2 Å². The average Bonchev–Trinajstić information content (AvgIpc) is 3.20. The molecule has 0 radical (unpaired) electrons. The molecule has 0 bridgehead atoms. The smallest absolute Gasteiger partial charge is 0.356 e. The maximum absolute atomic E-state index is 13.4. The van der Waals surface area contributed by atoms with Crippen LogP contribution in [0.25, 0.3) is 11.2 Å². The summed E-state index contributed by atoms with van der Waals surface area (Å²) in [4.78, 5) is 34.5. The van der Waals surface area contributed by atoms with E-state index >= 15 is 0 Å². The Labute approximate surface area is 216 Å². The highest BCUT2D eigenvalue weighted by molar-refractivity contribution is 8.13. The van der Waals surface area contributed by atoms with Crippen molar-refractivity contribution in [3.05, 3.63) is 51.5 Å². The molecule has 0 saturated heterocycles. The minimum atomic E-state index is -3.65. The van der Waals surface area contributed by atoms with E-state index in [9.17, 15) is 14.2 Å². The van der Waals surface area contributed by atoms with Crippen LogP contribution in [-0.2, 0) is 36.3 Å². The third kappa shape index (κ3) is 7.18. The Balaban J connectivity index is 1.32. The molecule has 14 heteroatoms. The van der Waals surface area contributed by atoms with Crippen molar-refractivity contribution in [1.29, 1.82) is 0 Å². The van der Waals surface area contributed by atoms with Crippen LogP contribution in [0.5, 0.6) is 0 Å². The number of nitrogens with zero attached hydrogens (tertiary/aromatic N) is 3. The monoisotopic (exact) mass is 555 g/mol. The van der Waals surface area contributed by atoms with Gasteiger partial charge in [-0.1, -0.05) is 41.9 Å². The van der Waals surface area contributed by atoms with Crippen LogP contribution in [-0.4, -0.2) is 49.9 Å². The zero-order valence-corrected chi connectivity index (χ0v) is 21.9. The molecule has 11 nitrogen and oxygen atoms in total. The zero-order valence-electron chi connectivity index (χ0n) is 19.4. The zero-order chi connectivity index (χ0) is 25.5. The van der Waals surface area contributed by atoms with Gasteiger partial charge in [-0.3, -0.25) is 19.1 Å². The van der Waals surface area contributed by atoms with E-state index in [1.54, 1.807) is 28.8 Å². The van der Waals surface area contributed by atoms with Crippen LogP contribution in [0.15, 0.2) is 35.4 Å². The molecule has 0 amide bonds. The van der Waals surface area contributed by atoms with Crippen molar-refractivity contribution < 1.29 is 23.1 Å². The molecule has 1 aliphatic rings. The second-order valence-electron chi connectivity index (χ2n) is 8.24. The molecule has 3 N–H and O–H groups in total. The fraction of sp³-hybridized carbons (Fsp3) is 0.455. The number of nitrogens with one attached hydrogen (secondary N) is 1. The highest BCUT2D eigenvalue weighted by Gasteiger charge is 2.28. The number of rotatable bonds is 13. The number of fused-ring (bicyclic) bond motifs is 1. The van der Waals surface area contributed by atoms with Crippen LogP contribution in [0.2, 0.25) is 5.02 Å². The number of nitrogen functional groups attached to an aromatic ring is 1. The van der Waals surface area contributed by atoms with E-state index in [4.69, 9.17) is 31.1 Å². The van der Waals surface area contributed by atoms with Crippen LogP contribution in [0.1, 0.15) is 24.8 Å². The summed E-state index contributed by atoms with van der Waals surface area (Å²) in [6.07, 6.45) is 4.12. The molecule has 194 valence electrons. The molecule has 4 rings (SSSR count). The summed E-state index contributed by atoms with van der Waals surface area (Å²) in [5, 5.41) is 0.686. The van der Waals surface area contributed by atoms with Gasteiger partial charge in [-0.15, -0.1) is 0 Å². The minimum absolute atomic E-state index is 0.0175. The number of H-pyrrole nitrogens is 1. The maximum Gasteiger partial charge on any atom is 0.356 e. The topological polar surface area (TPSA) is 151 Å². The average molecular weight is 556 g/mol. The van der Waals surface area contributed by atoms with E-state index in [1.165, 1.54) is 18.1 Å². The molecule has 1 fully saturated rings. The Morgan fingerprint density at radius 1 is 1.31 bits per heavy atom. The predicted octanol–water partition coefficient (Wildman–Crippen LogP) is 3.82. The van der Waals surface area contributed by atoms with Gasteiger partial charge in [-0.25, -0.2) is 4.98 Å². The summed E-state index contributed by atoms with van der Waals surface area (Å²) in [5.41, 5.74) is 6.41. The van der Waals surface area contributed by atoms with Crippen LogP contribution in [0, 0.1) is 5.92 Å². The van der Waals surface area contributed by atoms with E-state index in [1.807, 2.05) is 0 Å². The highest BCUT2D eigenvalue weighted by Crippen LogP contribution is 2.49. The fourth-order valence-corrected chi connectivity index (χ4v) is 5.93. The van der Waals surface area contributed by atoms with Crippen LogP contribution < -0.4 is 11.3 Å². The Kier molecular flexibility index (Phi) is 9.21. The number of nitrogens with two attached hydrogens (primary N) is 1. The third-order valence-corrected chi connectivity index (χ3v) is 8.41. The van der Waals surface area contributed by atoms with Gasteiger partial charge in [0.05, 0.1) is 26.1 Å². The molecule has 2 aromatic heterocycles. The van der Waals surface area contributed by atoms with Gasteiger partial charge < -0.3 is 24.1 Å².